The maximum atomic E-state index is 12.7. The van der Waals surface area contributed by atoms with Crippen molar-refractivity contribution in [2.45, 2.75) is 33.4 Å². The first-order valence-electron chi connectivity index (χ1n) is 10.3. The van der Waals surface area contributed by atoms with E-state index in [4.69, 9.17) is 14.2 Å². The molecule has 6 heteroatoms. The number of aryl methyl sites for hydroxylation is 1. The summed E-state index contributed by atoms with van der Waals surface area (Å²) in [4.78, 5) is 15.1. The van der Waals surface area contributed by atoms with E-state index >= 15 is 0 Å². The van der Waals surface area contributed by atoms with Crippen molar-refractivity contribution in [2.75, 3.05) is 44.4 Å². The minimum absolute atomic E-state index is 0.0590. The second kappa shape index (κ2) is 8.20. The smallest absolute Gasteiger partial charge is 0.254 e. The highest BCUT2D eigenvalue weighted by atomic mass is 16.6. The number of anilines is 1. The van der Waals surface area contributed by atoms with Crippen molar-refractivity contribution in [1.29, 1.82) is 0 Å². The first-order chi connectivity index (χ1) is 13.9. The zero-order chi connectivity index (χ0) is 20.4. The standard InChI is InChI=1S/C23H30N2O4/c1-17-9-20(29-14-21-13-27-7-8-28-21)11-22(26)25(17)12-18-5-4-6-19(10-18)24-15-23(2,3)16-24/h4-6,9-11,21H,7-8,12-16H2,1-3H3. The molecule has 1 aromatic heterocycles. The number of benzene rings is 1. The van der Waals surface area contributed by atoms with Gasteiger partial charge in [0.2, 0.25) is 0 Å². The van der Waals surface area contributed by atoms with Crippen LogP contribution in [0, 0.1) is 12.3 Å². The molecule has 6 nitrogen and oxygen atoms in total. The fraction of sp³-hybridized carbons (Fsp3) is 0.522. The van der Waals surface area contributed by atoms with Crippen LogP contribution in [-0.4, -0.2) is 50.2 Å². The third-order valence-electron chi connectivity index (χ3n) is 5.48. The molecule has 0 aliphatic carbocycles. The Morgan fingerprint density at radius 2 is 2.00 bits per heavy atom. The number of nitrogens with zero attached hydrogens (tertiary/aromatic N) is 2. The van der Waals surface area contributed by atoms with Crippen LogP contribution in [-0.2, 0) is 16.0 Å². The maximum absolute atomic E-state index is 12.7. The highest BCUT2D eigenvalue weighted by molar-refractivity contribution is 5.51. The Balaban J connectivity index is 1.43. The molecule has 1 atom stereocenters. The molecule has 2 saturated heterocycles. The fourth-order valence-electron chi connectivity index (χ4n) is 4.01. The van der Waals surface area contributed by atoms with Crippen LogP contribution in [0.1, 0.15) is 25.1 Å². The van der Waals surface area contributed by atoms with Crippen LogP contribution >= 0.6 is 0 Å². The van der Waals surface area contributed by atoms with E-state index in [1.165, 1.54) is 5.69 Å². The van der Waals surface area contributed by atoms with Crippen LogP contribution in [0.4, 0.5) is 5.69 Å². The van der Waals surface area contributed by atoms with E-state index in [0.717, 1.165) is 24.3 Å². The molecule has 2 aliphatic heterocycles. The summed E-state index contributed by atoms with van der Waals surface area (Å²) >= 11 is 0. The summed E-state index contributed by atoms with van der Waals surface area (Å²) in [6.07, 6.45) is -0.0827. The van der Waals surface area contributed by atoms with E-state index in [2.05, 4.69) is 43.0 Å². The third-order valence-corrected chi connectivity index (χ3v) is 5.48. The van der Waals surface area contributed by atoms with Crippen molar-refractivity contribution in [2.24, 2.45) is 5.41 Å². The lowest BCUT2D eigenvalue weighted by molar-refractivity contribution is -0.101. The Bertz CT molecular complexity index is 907. The van der Waals surface area contributed by atoms with Gasteiger partial charge in [-0.3, -0.25) is 4.79 Å². The lowest BCUT2D eigenvalue weighted by Gasteiger charge is -2.47. The number of rotatable bonds is 6. The van der Waals surface area contributed by atoms with Gasteiger partial charge in [0, 0.05) is 30.5 Å². The molecule has 0 bridgehead atoms. The molecule has 0 radical (unpaired) electrons. The summed E-state index contributed by atoms with van der Waals surface area (Å²) in [5.41, 5.74) is 3.55. The van der Waals surface area contributed by atoms with Crippen LogP contribution in [0.5, 0.6) is 5.75 Å². The van der Waals surface area contributed by atoms with E-state index in [0.29, 0.717) is 44.1 Å². The second-order valence-corrected chi connectivity index (χ2v) is 8.83. The summed E-state index contributed by atoms with van der Waals surface area (Å²) in [6, 6.07) is 11.9. The molecule has 1 aromatic carbocycles. The van der Waals surface area contributed by atoms with E-state index in [-0.39, 0.29) is 11.7 Å². The SMILES string of the molecule is Cc1cc(OCC2COCCO2)cc(=O)n1Cc1cccc(N2CC(C)(C)C2)c1. The van der Waals surface area contributed by atoms with Gasteiger partial charge < -0.3 is 23.7 Å². The monoisotopic (exact) mass is 398 g/mol. The largest absolute Gasteiger partial charge is 0.491 e. The summed E-state index contributed by atoms with van der Waals surface area (Å²) in [6.45, 7) is 11.3. The molecular formula is C23H30N2O4. The highest BCUT2D eigenvalue weighted by Gasteiger charge is 2.34. The van der Waals surface area contributed by atoms with Gasteiger partial charge in [0.15, 0.2) is 0 Å². The summed E-state index contributed by atoms with van der Waals surface area (Å²) in [7, 11) is 0. The lowest BCUT2D eigenvalue weighted by atomic mass is 9.84. The molecule has 29 heavy (non-hydrogen) atoms. The lowest BCUT2D eigenvalue weighted by Crippen LogP contribution is -2.53. The minimum Gasteiger partial charge on any atom is -0.491 e. The van der Waals surface area contributed by atoms with E-state index in [1.54, 1.807) is 10.6 Å². The summed E-state index contributed by atoms with van der Waals surface area (Å²) < 4.78 is 18.5. The van der Waals surface area contributed by atoms with Gasteiger partial charge in [0.05, 0.1) is 26.4 Å². The van der Waals surface area contributed by atoms with E-state index < -0.39 is 0 Å². The van der Waals surface area contributed by atoms with Gasteiger partial charge in [-0.2, -0.15) is 0 Å². The molecule has 0 spiro atoms. The molecule has 3 heterocycles. The Kier molecular flexibility index (Phi) is 5.65. The van der Waals surface area contributed by atoms with Crippen molar-refractivity contribution < 1.29 is 14.2 Å². The van der Waals surface area contributed by atoms with Crippen molar-refractivity contribution >= 4 is 5.69 Å². The summed E-state index contributed by atoms with van der Waals surface area (Å²) in [5, 5.41) is 0. The van der Waals surface area contributed by atoms with Crippen molar-refractivity contribution in [3.8, 4) is 5.75 Å². The average Bonchev–Trinajstić information content (AvgIpc) is 2.68. The van der Waals surface area contributed by atoms with Crippen molar-refractivity contribution in [1.82, 2.24) is 4.57 Å². The molecule has 2 aliphatic rings. The predicted molar refractivity (Wildman–Crippen MR) is 113 cm³/mol. The maximum Gasteiger partial charge on any atom is 0.254 e. The normalized spacial score (nSPS) is 20.9. The summed E-state index contributed by atoms with van der Waals surface area (Å²) in [5.74, 6) is 0.578. The number of hydrogen-bond donors (Lipinski definition) is 0. The molecular weight excluding hydrogens is 368 g/mol. The molecule has 2 aromatic rings. The molecule has 4 rings (SSSR count). The Hall–Kier alpha value is -2.31. The number of ether oxygens (including phenoxy) is 3. The third kappa shape index (κ3) is 4.82. The number of hydrogen-bond acceptors (Lipinski definition) is 5. The van der Waals surface area contributed by atoms with Crippen LogP contribution in [0.25, 0.3) is 0 Å². The molecule has 156 valence electrons. The molecule has 0 N–H and O–H groups in total. The van der Waals surface area contributed by atoms with Gasteiger partial charge >= 0.3 is 0 Å². The van der Waals surface area contributed by atoms with Gasteiger partial charge in [-0.05, 0) is 36.1 Å². The van der Waals surface area contributed by atoms with Gasteiger partial charge in [0.25, 0.3) is 5.56 Å². The van der Waals surface area contributed by atoms with Crippen LogP contribution < -0.4 is 15.2 Å². The van der Waals surface area contributed by atoms with Crippen molar-refractivity contribution in [3.05, 3.63) is 58.0 Å². The Morgan fingerprint density at radius 3 is 2.69 bits per heavy atom. The number of aromatic nitrogens is 1. The van der Waals surface area contributed by atoms with Gasteiger partial charge in [-0.25, -0.2) is 0 Å². The first-order valence-corrected chi connectivity index (χ1v) is 10.3. The van der Waals surface area contributed by atoms with Gasteiger partial charge in [-0.15, -0.1) is 0 Å². The zero-order valence-electron chi connectivity index (χ0n) is 17.5. The molecule has 2 fully saturated rings. The number of pyridine rings is 1. The topological polar surface area (TPSA) is 52.9 Å². The Labute approximate surface area is 172 Å². The van der Waals surface area contributed by atoms with Crippen LogP contribution in [0.15, 0.2) is 41.2 Å². The minimum atomic E-state index is -0.0827. The first kappa shape index (κ1) is 20.0. The fourth-order valence-corrected chi connectivity index (χ4v) is 4.01. The molecule has 0 saturated carbocycles. The van der Waals surface area contributed by atoms with E-state index in [1.807, 2.05) is 13.0 Å². The van der Waals surface area contributed by atoms with Crippen LogP contribution in [0.3, 0.4) is 0 Å². The second-order valence-electron chi connectivity index (χ2n) is 8.83. The highest BCUT2D eigenvalue weighted by Crippen LogP contribution is 2.33. The molecule has 1 unspecified atom stereocenters. The Morgan fingerprint density at radius 1 is 1.17 bits per heavy atom. The quantitative estimate of drug-likeness (QED) is 0.749. The predicted octanol–water partition coefficient (Wildman–Crippen LogP) is 2.85. The van der Waals surface area contributed by atoms with Gasteiger partial charge in [0.1, 0.15) is 18.5 Å². The van der Waals surface area contributed by atoms with E-state index in [9.17, 15) is 4.79 Å². The van der Waals surface area contributed by atoms with Crippen molar-refractivity contribution in [3.63, 3.8) is 0 Å². The zero-order valence-corrected chi connectivity index (χ0v) is 17.5. The van der Waals surface area contributed by atoms with Crippen LogP contribution in [0.2, 0.25) is 0 Å². The van der Waals surface area contributed by atoms with Gasteiger partial charge in [-0.1, -0.05) is 26.0 Å². The average molecular weight is 399 g/mol. The molecule has 0 amide bonds.